The third-order valence-electron chi connectivity index (χ3n) is 3.83. The number of hydrogen-bond donors (Lipinski definition) is 1. The van der Waals surface area contributed by atoms with Gasteiger partial charge in [-0.05, 0) is 55.3 Å². The zero-order valence-electron chi connectivity index (χ0n) is 13.0. The zero-order valence-corrected chi connectivity index (χ0v) is 14.6. The van der Waals surface area contributed by atoms with Crippen molar-refractivity contribution in [2.45, 2.75) is 38.3 Å². The highest BCUT2D eigenvalue weighted by atomic mass is 79.9. The van der Waals surface area contributed by atoms with Crippen LogP contribution >= 0.6 is 15.9 Å². The second-order valence-corrected chi connectivity index (χ2v) is 7.10. The largest absolute Gasteiger partial charge is 0.375 e. The average molecular weight is 380 g/mol. The SMILES string of the molecule is CC1(C)C[C@@H](NC(=O)c2cc(Br)ccc2-n2cnnn2)CCO1. The number of hydrogen-bond acceptors (Lipinski definition) is 5. The molecule has 0 aliphatic carbocycles. The molecule has 0 radical (unpaired) electrons. The summed E-state index contributed by atoms with van der Waals surface area (Å²) in [4.78, 5) is 12.7. The normalized spacial score (nSPS) is 20.2. The van der Waals surface area contributed by atoms with Crippen molar-refractivity contribution in [3.63, 3.8) is 0 Å². The molecule has 1 aromatic heterocycles. The first kappa shape index (κ1) is 16.1. The summed E-state index contributed by atoms with van der Waals surface area (Å²) in [5.74, 6) is -0.139. The molecule has 1 N–H and O–H groups in total. The van der Waals surface area contributed by atoms with Gasteiger partial charge in [0.05, 0.1) is 16.9 Å². The van der Waals surface area contributed by atoms with Crippen molar-refractivity contribution in [2.24, 2.45) is 0 Å². The standard InChI is InChI=1S/C15H18BrN5O2/c1-15(2)8-11(5-6-23-15)18-14(22)12-7-10(16)3-4-13(12)21-9-17-19-20-21/h3-4,7,9,11H,5-6,8H2,1-2H3,(H,18,22)/t11-/m0/s1. The number of benzene rings is 1. The van der Waals surface area contributed by atoms with Crippen LogP contribution in [0.5, 0.6) is 0 Å². The molecule has 0 spiro atoms. The Hall–Kier alpha value is -1.80. The molecule has 1 aliphatic rings. The molecule has 0 unspecified atom stereocenters. The smallest absolute Gasteiger partial charge is 0.253 e. The molecular weight excluding hydrogens is 362 g/mol. The molecule has 2 aromatic rings. The van der Waals surface area contributed by atoms with Crippen LogP contribution < -0.4 is 5.32 Å². The molecule has 1 aromatic carbocycles. The molecule has 1 fully saturated rings. The van der Waals surface area contributed by atoms with Gasteiger partial charge in [0, 0.05) is 17.1 Å². The lowest BCUT2D eigenvalue weighted by atomic mass is 9.93. The number of halogens is 1. The lowest BCUT2D eigenvalue weighted by Crippen LogP contribution is -2.46. The Morgan fingerprint density at radius 3 is 3.00 bits per heavy atom. The number of nitrogens with one attached hydrogen (secondary N) is 1. The average Bonchev–Trinajstić information content (AvgIpc) is 3.00. The molecule has 23 heavy (non-hydrogen) atoms. The van der Waals surface area contributed by atoms with E-state index in [1.165, 1.54) is 11.0 Å². The van der Waals surface area contributed by atoms with Crippen LogP contribution in [-0.2, 0) is 4.74 Å². The summed E-state index contributed by atoms with van der Waals surface area (Å²) in [6.45, 7) is 4.73. The summed E-state index contributed by atoms with van der Waals surface area (Å²) in [7, 11) is 0. The van der Waals surface area contributed by atoms with E-state index < -0.39 is 0 Å². The molecule has 3 rings (SSSR count). The molecule has 7 nitrogen and oxygen atoms in total. The van der Waals surface area contributed by atoms with Crippen LogP contribution in [0.25, 0.3) is 5.69 Å². The first-order valence-corrected chi connectivity index (χ1v) is 8.22. The number of carbonyl (C=O) groups excluding carboxylic acids is 1. The number of carbonyl (C=O) groups is 1. The highest BCUT2D eigenvalue weighted by Crippen LogP contribution is 2.25. The van der Waals surface area contributed by atoms with E-state index in [0.29, 0.717) is 17.9 Å². The van der Waals surface area contributed by atoms with Gasteiger partial charge in [0.15, 0.2) is 0 Å². The number of rotatable bonds is 3. The summed E-state index contributed by atoms with van der Waals surface area (Å²) in [6, 6.07) is 5.53. The van der Waals surface area contributed by atoms with Gasteiger partial charge in [-0.25, -0.2) is 0 Å². The fourth-order valence-electron chi connectivity index (χ4n) is 2.78. The highest BCUT2D eigenvalue weighted by molar-refractivity contribution is 9.10. The Bertz CT molecular complexity index is 702. The topological polar surface area (TPSA) is 81.9 Å². The minimum atomic E-state index is -0.216. The number of aromatic nitrogens is 4. The summed E-state index contributed by atoms with van der Waals surface area (Å²) < 4.78 is 8.00. The maximum atomic E-state index is 12.7. The first-order valence-electron chi connectivity index (χ1n) is 7.42. The van der Waals surface area contributed by atoms with E-state index in [0.717, 1.165) is 17.3 Å². The van der Waals surface area contributed by atoms with Crippen LogP contribution in [0, 0.1) is 0 Å². The van der Waals surface area contributed by atoms with Gasteiger partial charge >= 0.3 is 0 Å². The van der Waals surface area contributed by atoms with E-state index in [9.17, 15) is 4.79 Å². The van der Waals surface area contributed by atoms with Crippen LogP contribution in [0.2, 0.25) is 0 Å². The zero-order chi connectivity index (χ0) is 16.4. The van der Waals surface area contributed by atoms with Crippen LogP contribution in [0.15, 0.2) is 29.0 Å². The maximum absolute atomic E-state index is 12.7. The Morgan fingerprint density at radius 2 is 2.30 bits per heavy atom. The quantitative estimate of drug-likeness (QED) is 0.882. The predicted molar refractivity (Wildman–Crippen MR) is 87.4 cm³/mol. The highest BCUT2D eigenvalue weighted by Gasteiger charge is 2.30. The van der Waals surface area contributed by atoms with Gasteiger partial charge in [-0.3, -0.25) is 4.79 Å². The molecular formula is C15H18BrN5O2. The van der Waals surface area contributed by atoms with Crippen molar-refractivity contribution in [1.82, 2.24) is 25.5 Å². The third-order valence-corrected chi connectivity index (χ3v) is 4.32. The van der Waals surface area contributed by atoms with Crippen molar-refractivity contribution >= 4 is 21.8 Å². The van der Waals surface area contributed by atoms with Crippen LogP contribution in [0.4, 0.5) is 0 Å². The van der Waals surface area contributed by atoms with E-state index in [1.807, 2.05) is 26.0 Å². The second kappa shape index (κ2) is 6.37. The number of ether oxygens (including phenoxy) is 1. The number of tetrazole rings is 1. The minimum absolute atomic E-state index is 0.0898. The van der Waals surface area contributed by atoms with Gasteiger partial charge in [-0.15, -0.1) is 5.10 Å². The van der Waals surface area contributed by atoms with Crippen molar-refractivity contribution in [2.75, 3.05) is 6.61 Å². The van der Waals surface area contributed by atoms with E-state index in [4.69, 9.17) is 4.74 Å². The fourth-order valence-corrected chi connectivity index (χ4v) is 3.14. The first-order chi connectivity index (χ1) is 10.9. The lowest BCUT2D eigenvalue weighted by molar-refractivity contribution is -0.0615. The molecule has 122 valence electrons. The summed E-state index contributed by atoms with van der Waals surface area (Å²) in [5, 5.41) is 14.2. The summed E-state index contributed by atoms with van der Waals surface area (Å²) in [6.07, 6.45) is 3.06. The lowest BCUT2D eigenvalue weighted by Gasteiger charge is -2.35. The molecule has 2 heterocycles. The maximum Gasteiger partial charge on any atom is 0.253 e. The monoisotopic (exact) mass is 379 g/mol. The van der Waals surface area contributed by atoms with Gasteiger partial charge in [0.2, 0.25) is 0 Å². The Labute approximate surface area is 142 Å². The van der Waals surface area contributed by atoms with Crippen LogP contribution in [-0.4, -0.2) is 44.4 Å². The fraction of sp³-hybridized carbons (Fsp3) is 0.467. The van der Waals surface area contributed by atoms with Crippen LogP contribution in [0.1, 0.15) is 37.0 Å². The van der Waals surface area contributed by atoms with E-state index in [1.54, 1.807) is 6.07 Å². The Kier molecular flexibility index (Phi) is 4.45. The molecule has 1 saturated heterocycles. The second-order valence-electron chi connectivity index (χ2n) is 6.19. The van der Waals surface area contributed by atoms with Gasteiger partial charge < -0.3 is 10.1 Å². The Morgan fingerprint density at radius 1 is 1.48 bits per heavy atom. The molecule has 0 saturated carbocycles. The van der Waals surface area contributed by atoms with Gasteiger partial charge in [-0.1, -0.05) is 15.9 Å². The molecule has 1 aliphatic heterocycles. The van der Waals surface area contributed by atoms with E-state index >= 15 is 0 Å². The molecule has 0 bridgehead atoms. The van der Waals surface area contributed by atoms with Gasteiger partial charge in [-0.2, -0.15) is 4.68 Å². The third kappa shape index (κ3) is 3.76. The van der Waals surface area contributed by atoms with Crippen LogP contribution in [0.3, 0.4) is 0 Å². The molecule has 1 atom stereocenters. The van der Waals surface area contributed by atoms with Gasteiger partial charge in [0.25, 0.3) is 5.91 Å². The van der Waals surface area contributed by atoms with E-state index in [-0.39, 0.29) is 17.6 Å². The van der Waals surface area contributed by atoms with Crippen molar-refractivity contribution in [3.8, 4) is 5.69 Å². The van der Waals surface area contributed by atoms with E-state index in [2.05, 4.69) is 36.8 Å². The number of nitrogens with zero attached hydrogens (tertiary/aromatic N) is 4. The number of amides is 1. The Balaban J connectivity index is 1.83. The minimum Gasteiger partial charge on any atom is -0.375 e. The molecule has 8 heteroatoms. The summed E-state index contributed by atoms with van der Waals surface area (Å²) in [5.41, 5.74) is 0.949. The molecule has 1 amide bonds. The van der Waals surface area contributed by atoms with Gasteiger partial charge in [0.1, 0.15) is 6.33 Å². The van der Waals surface area contributed by atoms with Crippen molar-refractivity contribution < 1.29 is 9.53 Å². The summed E-state index contributed by atoms with van der Waals surface area (Å²) >= 11 is 3.41. The predicted octanol–water partition coefficient (Wildman–Crippen LogP) is 2.11. The van der Waals surface area contributed by atoms with Crippen molar-refractivity contribution in [1.29, 1.82) is 0 Å². The van der Waals surface area contributed by atoms with Crippen molar-refractivity contribution in [3.05, 3.63) is 34.6 Å².